The van der Waals surface area contributed by atoms with Crippen LogP contribution in [0.4, 0.5) is 0 Å². The molecule has 1 aromatic rings. The van der Waals surface area contributed by atoms with Crippen LogP contribution in [0.3, 0.4) is 0 Å². The summed E-state index contributed by atoms with van der Waals surface area (Å²) in [5.74, 6) is 1.19. The highest BCUT2D eigenvalue weighted by Crippen LogP contribution is 2.26. The zero-order chi connectivity index (χ0) is 17.7. The van der Waals surface area contributed by atoms with E-state index in [0.717, 1.165) is 30.1 Å². The molecule has 0 atom stereocenters. The van der Waals surface area contributed by atoms with Gasteiger partial charge >= 0.3 is 0 Å². The Balaban J connectivity index is 2.01. The lowest BCUT2D eigenvalue weighted by Crippen LogP contribution is -2.41. The Kier molecular flexibility index (Phi) is 6.25. The average Bonchev–Trinajstić information content (AvgIpc) is 2.58. The Bertz CT molecular complexity index is 595. The molecule has 132 valence electrons. The van der Waals surface area contributed by atoms with Crippen LogP contribution in [0, 0.1) is 6.92 Å². The van der Waals surface area contributed by atoms with Crippen LogP contribution in [0.25, 0.3) is 0 Å². The van der Waals surface area contributed by atoms with Crippen molar-refractivity contribution in [2.24, 2.45) is 5.73 Å². The van der Waals surface area contributed by atoms with Crippen LogP contribution in [0.15, 0.2) is 6.07 Å². The van der Waals surface area contributed by atoms with Crippen LogP contribution in [0.2, 0.25) is 0 Å². The maximum atomic E-state index is 11.8. The molecule has 0 aromatic carbocycles. The highest BCUT2D eigenvalue weighted by atomic mass is 16.2. The van der Waals surface area contributed by atoms with E-state index in [1.54, 1.807) is 19.0 Å². The smallest absolute Gasteiger partial charge is 0.236 e. The van der Waals surface area contributed by atoms with Gasteiger partial charge in [-0.25, -0.2) is 9.97 Å². The quantitative estimate of drug-likeness (QED) is 0.845. The summed E-state index contributed by atoms with van der Waals surface area (Å²) in [6, 6.07) is 1.94. The second-order valence-corrected chi connectivity index (χ2v) is 6.51. The molecular formula is C17H27N5O2. The van der Waals surface area contributed by atoms with Crippen molar-refractivity contribution in [3.05, 3.63) is 23.3 Å². The van der Waals surface area contributed by atoms with E-state index in [0.29, 0.717) is 25.9 Å². The summed E-state index contributed by atoms with van der Waals surface area (Å²) in [7, 11) is 3.52. The summed E-state index contributed by atoms with van der Waals surface area (Å²) in [6.07, 6.45) is 2.78. The Labute approximate surface area is 143 Å². The van der Waals surface area contributed by atoms with Gasteiger partial charge in [-0.15, -0.1) is 0 Å². The Morgan fingerprint density at radius 1 is 1.29 bits per heavy atom. The Morgan fingerprint density at radius 2 is 1.96 bits per heavy atom. The zero-order valence-electron chi connectivity index (χ0n) is 14.8. The van der Waals surface area contributed by atoms with Gasteiger partial charge < -0.3 is 15.5 Å². The lowest BCUT2D eigenvalue weighted by atomic mass is 9.95. The zero-order valence-corrected chi connectivity index (χ0v) is 14.8. The van der Waals surface area contributed by atoms with Gasteiger partial charge in [-0.3, -0.25) is 9.59 Å². The molecule has 1 fully saturated rings. The minimum Gasteiger partial charge on any atom is -0.349 e. The summed E-state index contributed by atoms with van der Waals surface area (Å²) in [6.45, 7) is 3.42. The van der Waals surface area contributed by atoms with Crippen LogP contribution < -0.4 is 5.73 Å². The molecule has 24 heavy (non-hydrogen) atoms. The Hall–Kier alpha value is -2.02. The van der Waals surface area contributed by atoms with Gasteiger partial charge in [0.05, 0.1) is 6.54 Å². The molecule has 0 saturated carbocycles. The van der Waals surface area contributed by atoms with Gasteiger partial charge in [0.25, 0.3) is 0 Å². The molecule has 7 nitrogen and oxygen atoms in total. The summed E-state index contributed by atoms with van der Waals surface area (Å²) >= 11 is 0. The van der Waals surface area contributed by atoms with Gasteiger partial charge in [-0.1, -0.05) is 0 Å². The predicted molar refractivity (Wildman–Crippen MR) is 91.4 cm³/mol. The topological polar surface area (TPSA) is 92.4 Å². The van der Waals surface area contributed by atoms with E-state index in [9.17, 15) is 9.59 Å². The lowest BCUT2D eigenvalue weighted by molar-refractivity contribution is -0.130. The number of piperidine rings is 1. The molecule has 2 N–H and O–H groups in total. The highest BCUT2D eigenvalue weighted by Gasteiger charge is 2.25. The van der Waals surface area contributed by atoms with E-state index < -0.39 is 0 Å². The largest absolute Gasteiger partial charge is 0.349 e. The van der Waals surface area contributed by atoms with Gasteiger partial charge in [0.1, 0.15) is 5.82 Å². The number of aromatic nitrogens is 2. The number of rotatable bonds is 5. The van der Waals surface area contributed by atoms with Crippen molar-refractivity contribution in [3.63, 3.8) is 0 Å². The first-order valence-corrected chi connectivity index (χ1v) is 8.43. The first kappa shape index (κ1) is 18.3. The monoisotopic (exact) mass is 333 g/mol. The van der Waals surface area contributed by atoms with Crippen LogP contribution in [-0.4, -0.2) is 65.3 Å². The molecule has 2 heterocycles. The second kappa shape index (κ2) is 8.19. The van der Waals surface area contributed by atoms with Crippen LogP contribution >= 0.6 is 0 Å². The molecule has 1 aromatic heterocycles. The number of aryl methyl sites for hydroxylation is 2. The maximum Gasteiger partial charge on any atom is 0.236 e. The molecule has 0 radical (unpaired) electrons. The fraction of sp³-hybridized carbons (Fsp3) is 0.647. The number of amides is 2. The van der Waals surface area contributed by atoms with Crippen molar-refractivity contribution in [3.8, 4) is 0 Å². The summed E-state index contributed by atoms with van der Waals surface area (Å²) in [5, 5.41) is 0. The number of hydrogen-bond acceptors (Lipinski definition) is 5. The fourth-order valence-corrected chi connectivity index (χ4v) is 2.94. The molecule has 1 aliphatic heterocycles. The molecule has 2 amide bonds. The highest BCUT2D eigenvalue weighted by molar-refractivity contribution is 5.78. The first-order valence-electron chi connectivity index (χ1n) is 8.43. The van der Waals surface area contributed by atoms with Gasteiger partial charge in [-0.05, 0) is 32.3 Å². The number of nitrogens with two attached hydrogens (primary N) is 1. The second-order valence-electron chi connectivity index (χ2n) is 6.51. The van der Waals surface area contributed by atoms with Crippen molar-refractivity contribution in [1.82, 2.24) is 19.8 Å². The van der Waals surface area contributed by atoms with Crippen LogP contribution in [-0.2, 0) is 16.0 Å². The lowest BCUT2D eigenvalue weighted by Gasteiger charge is -2.31. The van der Waals surface area contributed by atoms with E-state index in [1.165, 1.54) is 0 Å². The minimum absolute atomic E-state index is 0.00139. The standard InChI is InChI=1S/C17H27N5O2/c1-12-10-14(4-5-15(23)21(2)3)20-17(19-12)13-6-8-22(9-7-13)16(24)11-18/h10,13H,4-9,11,18H2,1-3H3. The summed E-state index contributed by atoms with van der Waals surface area (Å²) in [4.78, 5) is 36.1. The van der Waals surface area contributed by atoms with E-state index in [-0.39, 0.29) is 24.3 Å². The average molecular weight is 333 g/mol. The van der Waals surface area contributed by atoms with Crippen molar-refractivity contribution >= 4 is 11.8 Å². The van der Waals surface area contributed by atoms with E-state index in [1.807, 2.05) is 17.9 Å². The van der Waals surface area contributed by atoms with Crippen molar-refractivity contribution < 1.29 is 9.59 Å². The fourth-order valence-electron chi connectivity index (χ4n) is 2.94. The third kappa shape index (κ3) is 4.74. The van der Waals surface area contributed by atoms with Gasteiger partial charge in [0.2, 0.25) is 11.8 Å². The van der Waals surface area contributed by atoms with Crippen molar-refractivity contribution in [1.29, 1.82) is 0 Å². The number of carbonyl (C=O) groups is 2. The third-order valence-corrected chi connectivity index (χ3v) is 4.41. The third-order valence-electron chi connectivity index (χ3n) is 4.41. The van der Waals surface area contributed by atoms with Gasteiger partial charge in [-0.2, -0.15) is 0 Å². The molecule has 1 aliphatic rings. The molecule has 0 aliphatic carbocycles. The van der Waals surface area contributed by atoms with E-state index >= 15 is 0 Å². The number of hydrogen-bond donors (Lipinski definition) is 1. The molecule has 1 saturated heterocycles. The maximum absolute atomic E-state index is 11.8. The first-order chi connectivity index (χ1) is 11.4. The van der Waals surface area contributed by atoms with Crippen LogP contribution in [0.5, 0.6) is 0 Å². The molecular weight excluding hydrogens is 306 g/mol. The summed E-state index contributed by atoms with van der Waals surface area (Å²) in [5.41, 5.74) is 7.25. The van der Waals surface area contributed by atoms with Crippen LogP contribution in [0.1, 0.15) is 42.4 Å². The van der Waals surface area contributed by atoms with Gasteiger partial charge in [0, 0.05) is 50.9 Å². The number of likely N-dealkylation sites (tertiary alicyclic amines) is 1. The van der Waals surface area contributed by atoms with Gasteiger partial charge in [0.15, 0.2) is 0 Å². The minimum atomic E-state index is 0.00139. The molecule has 0 unspecified atom stereocenters. The SMILES string of the molecule is Cc1cc(CCC(=O)N(C)C)nc(C2CCN(C(=O)CN)CC2)n1. The normalized spacial score (nSPS) is 15.4. The molecule has 0 spiro atoms. The predicted octanol–water partition coefficient (Wildman–Crippen LogP) is 0.471. The van der Waals surface area contributed by atoms with Crippen molar-refractivity contribution in [2.75, 3.05) is 33.7 Å². The van der Waals surface area contributed by atoms with E-state index in [2.05, 4.69) is 9.97 Å². The molecule has 0 bridgehead atoms. The van der Waals surface area contributed by atoms with Crippen molar-refractivity contribution in [2.45, 2.75) is 38.5 Å². The Morgan fingerprint density at radius 3 is 2.54 bits per heavy atom. The number of carbonyl (C=O) groups excluding carboxylic acids is 2. The number of nitrogens with zero attached hydrogens (tertiary/aromatic N) is 4. The summed E-state index contributed by atoms with van der Waals surface area (Å²) < 4.78 is 0. The molecule has 2 rings (SSSR count). The van der Waals surface area contributed by atoms with E-state index in [4.69, 9.17) is 5.73 Å². The molecule has 7 heteroatoms.